The summed E-state index contributed by atoms with van der Waals surface area (Å²) < 4.78 is 14.0. The van der Waals surface area contributed by atoms with Crippen LogP contribution in [0, 0.1) is 0 Å². The Morgan fingerprint density at radius 2 is 1.96 bits per heavy atom. The molecule has 138 valence electrons. The Morgan fingerprint density at radius 1 is 1.11 bits per heavy atom. The standard InChI is InChI=1S/C19H19N5O2S/c1-3-25-19(26-4-2)17-11-24(23-22-17)13-9-14(15-7-5-6-8-20-15)18-16(10-13)21-12-27-18/h5-12,19H,3-4H2,1-2H3. The van der Waals surface area contributed by atoms with Crippen LogP contribution in [-0.2, 0) is 9.47 Å². The molecule has 0 amide bonds. The fraction of sp³-hybridized carbons (Fsp3) is 0.263. The molecule has 0 N–H and O–H groups in total. The summed E-state index contributed by atoms with van der Waals surface area (Å²) in [6.07, 6.45) is 3.09. The normalized spacial score (nSPS) is 11.5. The van der Waals surface area contributed by atoms with Gasteiger partial charge in [-0.2, -0.15) is 0 Å². The van der Waals surface area contributed by atoms with Gasteiger partial charge in [0.2, 0.25) is 6.29 Å². The van der Waals surface area contributed by atoms with Crippen molar-refractivity contribution in [3.05, 3.63) is 53.9 Å². The molecule has 8 heteroatoms. The van der Waals surface area contributed by atoms with E-state index in [2.05, 4.69) is 26.3 Å². The van der Waals surface area contributed by atoms with E-state index in [-0.39, 0.29) is 0 Å². The molecule has 3 heterocycles. The van der Waals surface area contributed by atoms with Crippen LogP contribution in [0.25, 0.3) is 27.2 Å². The molecule has 0 aliphatic heterocycles. The highest BCUT2D eigenvalue weighted by atomic mass is 32.1. The first-order valence-corrected chi connectivity index (χ1v) is 9.62. The average Bonchev–Trinajstić information content (AvgIpc) is 3.37. The third-order valence-electron chi connectivity index (χ3n) is 4.01. The van der Waals surface area contributed by atoms with Gasteiger partial charge in [-0.25, -0.2) is 9.67 Å². The Bertz CT molecular complexity index is 1020. The number of nitrogens with zero attached hydrogens (tertiary/aromatic N) is 5. The van der Waals surface area contributed by atoms with Crippen molar-refractivity contribution in [3.63, 3.8) is 0 Å². The molecular formula is C19H19N5O2S. The molecule has 1 aromatic carbocycles. The van der Waals surface area contributed by atoms with E-state index >= 15 is 0 Å². The number of ether oxygens (including phenoxy) is 2. The number of aromatic nitrogens is 5. The van der Waals surface area contributed by atoms with Crippen LogP contribution in [0.2, 0.25) is 0 Å². The van der Waals surface area contributed by atoms with Gasteiger partial charge in [0.05, 0.1) is 33.3 Å². The van der Waals surface area contributed by atoms with Gasteiger partial charge in [-0.3, -0.25) is 4.98 Å². The van der Waals surface area contributed by atoms with E-state index in [4.69, 9.17) is 9.47 Å². The highest BCUT2D eigenvalue weighted by Gasteiger charge is 2.17. The summed E-state index contributed by atoms with van der Waals surface area (Å²) in [6, 6.07) is 9.92. The molecule has 27 heavy (non-hydrogen) atoms. The van der Waals surface area contributed by atoms with Crippen molar-refractivity contribution in [3.8, 4) is 16.9 Å². The number of benzene rings is 1. The summed E-state index contributed by atoms with van der Waals surface area (Å²) in [6.45, 7) is 4.91. The Kier molecular flexibility index (Phi) is 5.19. The molecular weight excluding hydrogens is 362 g/mol. The van der Waals surface area contributed by atoms with Gasteiger partial charge in [-0.1, -0.05) is 11.3 Å². The van der Waals surface area contributed by atoms with E-state index in [9.17, 15) is 0 Å². The number of thiazole rings is 1. The zero-order valence-corrected chi connectivity index (χ0v) is 15.9. The van der Waals surface area contributed by atoms with Gasteiger partial charge in [0.15, 0.2) is 0 Å². The predicted octanol–water partition coefficient (Wildman–Crippen LogP) is 4.01. The van der Waals surface area contributed by atoms with Crippen molar-refractivity contribution in [2.45, 2.75) is 20.1 Å². The lowest BCUT2D eigenvalue weighted by Crippen LogP contribution is -2.09. The van der Waals surface area contributed by atoms with Crippen LogP contribution >= 0.6 is 11.3 Å². The molecule has 0 radical (unpaired) electrons. The second-order valence-corrected chi connectivity index (χ2v) is 6.59. The zero-order chi connectivity index (χ0) is 18.6. The Morgan fingerprint density at radius 3 is 2.70 bits per heavy atom. The molecule has 0 unspecified atom stereocenters. The summed E-state index contributed by atoms with van der Waals surface area (Å²) in [7, 11) is 0. The third-order valence-corrected chi connectivity index (χ3v) is 4.89. The molecule has 4 rings (SSSR count). The van der Waals surface area contributed by atoms with Gasteiger partial charge < -0.3 is 9.47 Å². The van der Waals surface area contributed by atoms with Crippen molar-refractivity contribution in [2.75, 3.05) is 13.2 Å². The summed E-state index contributed by atoms with van der Waals surface area (Å²) in [4.78, 5) is 8.96. The average molecular weight is 381 g/mol. The van der Waals surface area contributed by atoms with E-state index in [1.807, 2.05) is 49.8 Å². The maximum absolute atomic E-state index is 5.61. The van der Waals surface area contributed by atoms with E-state index in [0.717, 1.165) is 27.2 Å². The zero-order valence-electron chi connectivity index (χ0n) is 15.1. The minimum absolute atomic E-state index is 0.521. The summed E-state index contributed by atoms with van der Waals surface area (Å²) in [5, 5.41) is 8.49. The van der Waals surface area contributed by atoms with Gasteiger partial charge in [-0.15, -0.1) is 16.4 Å². The van der Waals surface area contributed by atoms with Crippen LogP contribution < -0.4 is 0 Å². The molecule has 0 aliphatic carbocycles. The first-order chi connectivity index (χ1) is 13.3. The molecule has 3 aromatic heterocycles. The molecule has 0 bridgehead atoms. The Hall–Kier alpha value is -2.68. The summed E-state index contributed by atoms with van der Waals surface area (Å²) >= 11 is 1.60. The van der Waals surface area contributed by atoms with Crippen molar-refractivity contribution < 1.29 is 9.47 Å². The van der Waals surface area contributed by atoms with Crippen molar-refractivity contribution >= 4 is 21.6 Å². The van der Waals surface area contributed by atoms with E-state index in [1.165, 1.54) is 0 Å². The smallest absolute Gasteiger partial charge is 0.204 e. The molecule has 0 fully saturated rings. The van der Waals surface area contributed by atoms with E-state index in [1.54, 1.807) is 22.2 Å². The first kappa shape index (κ1) is 17.7. The quantitative estimate of drug-likeness (QED) is 0.450. The summed E-state index contributed by atoms with van der Waals surface area (Å²) in [5.74, 6) is 0. The lowest BCUT2D eigenvalue weighted by Gasteiger charge is -2.13. The lowest BCUT2D eigenvalue weighted by atomic mass is 10.1. The summed E-state index contributed by atoms with van der Waals surface area (Å²) in [5.41, 5.74) is 6.16. The number of fused-ring (bicyclic) bond motifs is 1. The highest BCUT2D eigenvalue weighted by molar-refractivity contribution is 7.17. The number of rotatable bonds is 7. The Balaban J connectivity index is 1.77. The Labute approximate surface area is 160 Å². The van der Waals surface area contributed by atoms with Crippen LogP contribution in [0.15, 0.2) is 48.2 Å². The lowest BCUT2D eigenvalue weighted by molar-refractivity contribution is -0.142. The van der Waals surface area contributed by atoms with Crippen LogP contribution in [0.3, 0.4) is 0 Å². The van der Waals surface area contributed by atoms with Crippen molar-refractivity contribution in [1.29, 1.82) is 0 Å². The van der Waals surface area contributed by atoms with Crippen LogP contribution in [-0.4, -0.2) is 38.2 Å². The second kappa shape index (κ2) is 7.91. The SMILES string of the molecule is CCOC(OCC)c1cn(-c2cc(-c3ccccn3)c3scnc3c2)nn1. The fourth-order valence-electron chi connectivity index (χ4n) is 2.83. The maximum Gasteiger partial charge on any atom is 0.204 e. The number of hydrogen-bond acceptors (Lipinski definition) is 7. The monoisotopic (exact) mass is 381 g/mol. The van der Waals surface area contributed by atoms with Gasteiger partial charge in [0.1, 0.15) is 5.69 Å². The molecule has 0 saturated heterocycles. The van der Waals surface area contributed by atoms with E-state index < -0.39 is 6.29 Å². The first-order valence-electron chi connectivity index (χ1n) is 8.74. The highest BCUT2D eigenvalue weighted by Crippen LogP contribution is 2.32. The largest absolute Gasteiger partial charge is 0.347 e. The van der Waals surface area contributed by atoms with Crippen LogP contribution in [0.4, 0.5) is 0 Å². The molecule has 7 nitrogen and oxygen atoms in total. The second-order valence-electron chi connectivity index (χ2n) is 5.74. The van der Waals surface area contributed by atoms with Gasteiger partial charge in [0, 0.05) is 25.0 Å². The maximum atomic E-state index is 5.61. The van der Waals surface area contributed by atoms with Crippen LogP contribution in [0.5, 0.6) is 0 Å². The predicted molar refractivity (Wildman–Crippen MR) is 104 cm³/mol. The fourth-order valence-corrected chi connectivity index (χ4v) is 3.63. The molecule has 0 spiro atoms. The number of hydrogen-bond donors (Lipinski definition) is 0. The third kappa shape index (κ3) is 3.59. The molecule has 0 aliphatic rings. The number of pyridine rings is 1. The van der Waals surface area contributed by atoms with Gasteiger partial charge in [-0.05, 0) is 38.1 Å². The minimum atomic E-state index is -0.521. The van der Waals surface area contributed by atoms with Crippen molar-refractivity contribution in [2.24, 2.45) is 0 Å². The van der Waals surface area contributed by atoms with Gasteiger partial charge in [0.25, 0.3) is 0 Å². The minimum Gasteiger partial charge on any atom is -0.347 e. The molecule has 4 aromatic rings. The van der Waals surface area contributed by atoms with Gasteiger partial charge >= 0.3 is 0 Å². The van der Waals surface area contributed by atoms with E-state index in [0.29, 0.717) is 18.9 Å². The molecule has 0 saturated carbocycles. The van der Waals surface area contributed by atoms with Crippen LogP contribution in [0.1, 0.15) is 25.8 Å². The molecule has 0 atom stereocenters. The topological polar surface area (TPSA) is 75.0 Å². The van der Waals surface area contributed by atoms with Crippen molar-refractivity contribution in [1.82, 2.24) is 25.0 Å².